The van der Waals surface area contributed by atoms with Crippen molar-refractivity contribution in [1.29, 1.82) is 0 Å². The van der Waals surface area contributed by atoms with Crippen LogP contribution in [-0.4, -0.2) is 18.4 Å². The summed E-state index contributed by atoms with van der Waals surface area (Å²) >= 11 is 1.36. The van der Waals surface area contributed by atoms with E-state index in [1.54, 1.807) is 6.07 Å². The summed E-state index contributed by atoms with van der Waals surface area (Å²) in [5.41, 5.74) is 1.19. The van der Waals surface area contributed by atoms with Gasteiger partial charge in [-0.1, -0.05) is 56.5 Å². The minimum Gasteiger partial charge on any atom is -0.460 e. The van der Waals surface area contributed by atoms with Crippen molar-refractivity contribution < 1.29 is 14.3 Å². The van der Waals surface area contributed by atoms with Crippen LogP contribution in [0.15, 0.2) is 42.5 Å². The predicted octanol–water partition coefficient (Wildman–Crippen LogP) is 4.65. The van der Waals surface area contributed by atoms with E-state index in [0.717, 1.165) is 37.0 Å². The summed E-state index contributed by atoms with van der Waals surface area (Å²) in [4.78, 5) is 25.4. The topological polar surface area (TPSA) is 43.4 Å². The van der Waals surface area contributed by atoms with Crippen molar-refractivity contribution in [1.82, 2.24) is 0 Å². The molecular weight excluding hydrogens is 308 g/mol. The summed E-state index contributed by atoms with van der Waals surface area (Å²) in [6.07, 6.45) is 4.87. The number of thiophene rings is 1. The van der Waals surface area contributed by atoms with Crippen molar-refractivity contribution in [3.63, 3.8) is 0 Å². The summed E-state index contributed by atoms with van der Waals surface area (Å²) in [6, 6.07) is 13.7. The first-order chi connectivity index (χ1) is 11.2. The molecule has 1 aromatic heterocycles. The molecule has 0 unspecified atom stereocenters. The number of unbranched alkanes of at least 4 members (excludes halogenated alkanes) is 3. The van der Waals surface area contributed by atoms with Crippen LogP contribution in [0.4, 0.5) is 0 Å². The minimum atomic E-state index is -0.741. The zero-order chi connectivity index (χ0) is 16.5. The molecule has 1 heterocycles. The molecule has 0 fully saturated rings. The molecule has 122 valence electrons. The van der Waals surface area contributed by atoms with Crippen LogP contribution in [0.2, 0.25) is 0 Å². The van der Waals surface area contributed by atoms with Gasteiger partial charge < -0.3 is 4.74 Å². The molecule has 0 aliphatic heterocycles. The standard InChI is InChI=1S/C19H22O3S/c1-2-3-4-8-13-22-19(21)18(20)17-12-11-16(23-17)14-15-9-6-5-7-10-15/h5-7,9-12H,2-4,8,13-14H2,1H3. The third-order valence-corrected chi connectivity index (χ3v) is 4.61. The number of esters is 1. The van der Waals surface area contributed by atoms with Crippen LogP contribution in [-0.2, 0) is 16.0 Å². The zero-order valence-corrected chi connectivity index (χ0v) is 14.2. The number of ketones is 1. The summed E-state index contributed by atoms with van der Waals surface area (Å²) in [7, 11) is 0. The fourth-order valence-electron chi connectivity index (χ4n) is 2.25. The molecule has 0 aliphatic carbocycles. The lowest BCUT2D eigenvalue weighted by Crippen LogP contribution is -2.17. The molecule has 3 nitrogen and oxygen atoms in total. The van der Waals surface area contributed by atoms with E-state index in [0.29, 0.717) is 11.5 Å². The van der Waals surface area contributed by atoms with Crippen LogP contribution in [0, 0.1) is 0 Å². The Hall–Kier alpha value is -1.94. The molecule has 4 heteroatoms. The maximum absolute atomic E-state index is 12.1. The van der Waals surface area contributed by atoms with Crippen molar-refractivity contribution in [2.24, 2.45) is 0 Å². The molecule has 0 spiro atoms. The van der Waals surface area contributed by atoms with Gasteiger partial charge in [-0.05, 0) is 24.1 Å². The minimum absolute atomic E-state index is 0.326. The predicted molar refractivity (Wildman–Crippen MR) is 93.0 cm³/mol. The van der Waals surface area contributed by atoms with Gasteiger partial charge in [0, 0.05) is 11.3 Å². The monoisotopic (exact) mass is 330 g/mol. The normalized spacial score (nSPS) is 10.5. The van der Waals surface area contributed by atoms with Gasteiger partial charge >= 0.3 is 5.97 Å². The second kappa shape index (κ2) is 9.26. The highest BCUT2D eigenvalue weighted by molar-refractivity contribution is 7.14. The first-order valence-corrected chi connectivity index (χ1v) is 8.86. The smallest absolute Gasteiger partial charge is 0.380 e. The number of carbonyl (C=O) groups is 2. The first kappa shape index (κ1) is 17.4. The molecule has 0 saturated heterocycles. The number of hydrogen-bond donors (Lipinski definition) is 0. The van der Waals surface area contributed by atoms with Crippen LogP contribution in [0.25, 0.3) is 0 Å². The number of ether oxygens (including phenoxy) is 1. The van der Waals surface area contributed by atoms with E-state index < -0.39 is 11.8 Å². The van der Waals surface area contributed by atoms with Gasteiger partial charge in [0.15, 0.2) is 0 Å². The van der Waals surface area contributed by atoms with E-state index in [1.807, 2.05) is 36.4 Å². The van der Waals surface area contributed by atoms with Crippen LogP contribution in [0.3, 0.4) is 0 Å². The Morgan fingerprint density at radius 3 is 2.52 bits per heavy atom. The highest BCUT2D eigenvalue weighted by Crippen LogP contribution is 2.20. The average molecular weight is 330 g/mol. The van der Waals surface area contributed by atoms with Crippen LogP contribution < -0.4 is 0 Å². The highest BCUT2D eigenvalue weighted by atomic mass is 32.1. The lowest BCUT2D eigenvalue weighted by atomic mass is 10.1. The van der Waals surface area contributed by atoms with Gasteiger partial charge in [0.2, 0.25) is 0 Å². The molecule has 0 saturated carbocycles. The summed E-state index contributed by atoms with van der Waals surface area (Å²) in [5, 5.41) is 0. The molecular formula is C19H22O3S. The molecule has 0 N–H and O–H groups in total. The Morgan fingerprint density at radius 2 is 1.78 bits per heavy atom. The fraction of sp³-hybridized carbons (Fsp3) is 0.368. The number of benzene rings is 1. The zero-order valence-electron chi connectivity index (χ0n) is 13.4. The number of Topliss-reactive ketones (excluding diaryl/α,β-unsaturated/α-hetero) is 1. The molecule has 2 aromatic rings. The first-order valence-electron chi connectivity index (χ1n) is 8.04. The molecule has 0 radical (unpaired) electrons. The molecule has 0 atom stereocenters. The SMILES string of the molecule is CCCCCCOC(=O)C(=O)c1ccc(Cc2ccccc2)s1. The molecule has 23 heavy (non-hydrogen) atoms. The van der Waals surface area contributed by atoms with Crippen molar-refractivity contribution in [2.75, 3.05) is 6.61 Å². The number of rotatable bonds is 9. The summed E-state index contributed by atoms with van der Waals surface area (Å²) in [5.74, 6) is -1.28. The molecule has 0 aliphatic rings. The van der Waals surface area contributed by atoms with E-state index in [1.165, 1.54) is 16.9 Å². The van der Waals surface area contributed by atoms with E-state index in [2.05, 4.69) is 6.92 Å². The summed E-state index contributed by atoms with van der Waals surface area (Å²) < 4.78 is 5.05. The average Bonchev–Trinajstić information content (AvgIpc) is 3.03. The van der Waals surface area contributed by atoms with Crippen LogP contribution in [0.5, 0.6) is 0 Å². The van der Waals surface area contributed by atoms with Gasteiger partial charge in [-0.2, -0.15) is 0 Å². The largest absolute Gasteiger partial charge is 0.460 e. The van der Waals surface area contributed by atoms with E-state index in [4.69, 9.17) is 4.74 Å². The van der Waals surface area contributed by atoms with Crippen molar-refractivity contribution >= 4 is 23.1 Å². The lowest BCUT2D eigenvalue weighted by Gasteiger charge is -2.02. The number of hydrogen-bond acceptors (Lipinski definition) is 4. The third kappa shape index (κ3) is 5.64. The molecule has 0 amide bonds. The van der Waals surface area contributed by atoms with Gasteiger partial charge in [0.25, 0.3) is 5.78 Å². The Labute approximate surface area is 141 Å². The van der Waals surface area contributed by atoms with Crippen LogP contribution in [0.1, 0.15) is 52.7 Å². The molecule has 1 aromatic carbocycles. The van der Waals surface area contributed by atoms with Gasteiger partial charge in [0.05, 0.1) is 11.5 Å². The molecule has 2 rings (SSSR count). The van der Waals surface area contributed by atoms with E-state index in [9.17, 15) is 9.59 Å². The van der Waals surface area contributed by atoms with Gasteiger partial charge in [-0.3, -0.25) is 4.79 Å². The lowest BCUT2D eigenvalue weighted by molar-refractivity contribution is -0.138. The van der Waals surface area contributed by atoms with Gasteiger partial charge in [-0.15, -0.1) is 11.3 Å². The van der Waals surface area contributed by atoms with Crippen LogP contribution >= 0.6 is 11.3 Å². The Bertz CT molecular complexity index is 631. The molecule has 0 bridgehead atoms. The Kier molecular flexibility index (Phi) is 7.01. The highest BCUT2D eigenvalue weighted by Gasteiger charge is 2.19. The quantitative estimate of drug-likeness (QED) is 0.291. The second-order valence-electron chi connectivity index (χ2n) is 5.45. The van der Waals surface area contributed by atoms with Gasteiger partial charge in [0.1, 0.15) is 0 Å². The van der Waals surface area contributed by atoms with Crippen molar-refractivity contribution in [2.45, 2.75) is 39.0 Å². The van der Waals surface area contributed by atoms with Crippen molar-refractivity contribution in [3.05, 3.63) is 57.8 Å². The maximum Gasteiger partial charge on any atom is 0.380 e. The maximum atomic E-state index is 12.1. The third-order valence-electron chi connectivity index (χ3n) is 3.52. The second-order valence-corrected chi connectivity index (χ2v) is 6.62. The van der Waals surface area contributed by atoms with Crippen molar-refractivity contribution in [3.8, 4) is 0 Å². The van der Waals surface area contributed by atoms with Gasteiger partial charge in [-0.25, -0.2) is 4.79 Å². The number of carbonyl (C=O) groups excluding carboxylic acids is 2. The summed E-state index contributed by atoms with van der Waals surface area (Å²) in [6.45, 7) is 2.45. The Morgan fingerprint density at radius 1 is 1.00 bits per heavy atom. The fourth-order valence-corrected chi connectivity index (χ4v) is 3.22. The van der Waals surface area contributed by atoms with E-state index in [-0.39, 0.29) is 0 Å². The van der Waals surface area contributed by atoms with E-state index >= 15 is 0 Å². The Balaban J connectivity index is 1.84.